The highest BCUT2D eigenvalue weighted by molar-refractivity contribution is 6.31. The molecule has 0 radical (unpaired) electrons. The first-order valence-electron chi connectivity index (χ1n) is 6.61. The van der Waals surface area contributed by atoms with Crippen LogP contribution in [0.2, 0.25) is 5.02 Å². The van der Waals surface area contributed by atoms with Crippen molar-refractivity contribution < 1.29 is 17.0 Å². The van der Waals surface area contributed by atoms with E-state index in [0.717, 1.165) is 37.9 Å². The molecule has 0 saturated carbocycles. The van der Waals surface area contributed by atoms with Gasteiger partial charge >= 0.3 is 0 Å². The van der Waals surface area contributed by atoms with Crippen LogP contribution in [0.25, 0.3) is 32.8 Å². The highest BCUT2D eigenvalue weighted by Crippen LogP contribution is 2.28. The smallest absolute Gasteiger partial charge is 0.287 e. The molecule has 0 aliphatic heterocycles. The molecule has 4 aromatic rings. The van der Waals surface area contributed by atoms with Gasteiger partial charge in [-0.2, -0.15) is 5.26 Å². The molecule has 0 aliphatic rings. The standard InChI is InChI=1S/C17H10ClN3.ClH/c1-21-16-5-3-12(18)7-11(16)8-14-13-6-10(9-19)2-4-15(13)20-17(14)21;/h2-8H,1H3;1H. The molecule has 0 aliphatic carbocycles. The third kappa shape index (κ3) is 2.00. The SMILES string of the molecule is C[n+]1c2ccc(Cl)cc2cc2c3cc(C#N)ccc3[nH]c21.[Cl-]. The van der Waals surface area contributed by atoms with Crippen LogP contribution in [0.5, 0.6) is 0 Å². The molecule has 5 heteroatoms. The zero-order chi connectivity index (χ0) is 14.6. The van der Waals surface area contributed by atoms with E-state index < -0.39 is 0 Å². The number of hydrogen-bond acceptors (Lipinski definition) is 1. The third-order valence-corrected chi connectivity index (χ3v) is 4.17. The Kier molecular flexibility index (Phi) is 3.44. The van der Waals surface area contributed by atoms with Crippen LogP contribution in [0.1, 0.15) is 5.56 Å². The lowest BCUT2D eigenvalue weighted by atomic mass is 10.1. The van der Waals surface area contributed by atoms with Gasteiger partial charge in [-0.3, -0.25) is 0 Å². The summed E-state index contributed by atoms with van der Waals surface area (Å²) >= 11 is 6.10. The summed E-state index contributed by atoms with van der Waals surface area (Å²) in [7, 11) is 2.03. The molecule has 0 amide bonds. The van der Waals surface area contributed by atoms with E-state index in [0.29, 0.717) is 5.56 Å². The van der Waals surface area contributed by atoms with Crippen molar-refractivity contribution in [1.82, 2.24) is 4.98 Å². The van der Waals surface area contributed by atoms with Crippen molar-refractivity contribution in [2.45, 2.75) is 0 Å². The highest BCUT2D eigenvalue weighted by atomic mass is 35.5. The first kappa shape index (κ1) is 14.6. The second kappa shape index (κ2) is 5.17. The Morgan fingerprint density at radius 3 is 2.68 bits per heavy atom. The largest absolute Gasteiger partial charge is 1.00 e. The van der Waals surface area contributed by atoms with Crippen molar-refractivity contribution in [3.63, 3.8) is 0 Å². The van der Waals surface area contributed by atoms with Gasteiger partial charge in [0.1, 0.15) is 11.0 Å². The van der Waals surface area contributed by atoms with Crippen LogP contribution in [-0.2, 0) is 7.05 Å². The number of pyridine rings is 1. The fourth-order valence-electron chi connectivity index (χ4n) is 2.90. The number of hydrogen-bond donors (Lipinski definition) is 1. The maximum atomic E-state index is 9.09. The number of nitriles is 1. The van der Waals surface area contributed by atoms with Gasteiger partial charge in [-0.1, -0.05) is 11.6 Å². The molecule has 0 fully saturated rings. The number of aromatic amines is 1. The molecule has 0 spiro atoms. The maximum absolute atomic E-state index is 9.09. The summed E-state index contributed by atoms with van der Waals surface area (Å²) < 4.78 is 2.12. The lowest BCUT2D eigenvalue weighted by Crippen LogP contribution is -3.00. The molecule has 22 heavy (non-hydrogen) atoms. The van der Waals surface area contributed by atoms with Crippen LogP contribution in [0.4, 0.5) is 0 Å². The minimum atomic E-state index is 0. The predicted octanol–water partition coefficient (Wildman–Crippen LogP) is 0.828. The van der Waals surface area contributed by atoms with Gasteiger partial charge in [-0.05, 0) is 42.5 Å². The number of nitrogens with one attached hydrogen (secondary N) is 1. The fraction of sp³-hybridized carbons (Fsp3) is 0.0588. The van der Waals surface area contributed by atoms with Crippen LogP contribution >= 0.6 is 11.6 Å². The van der Waals surface area contributed by atoms with E-state index in [2.05, 4.69) is 21.7 Å². The molecular formula is C17H11Cl2N3. The number of H-pyrrole nitrogens is 1. The molecule has 2 aromatic carbocycles. The van der Waals surface area contributed by atoms with Crippen LogP contribution in [0.3, 0.4) is 0 Å². The molecule has 2 aromatic heterocycles. The van der Waals surface area contributed by atoms with E-state index in [1.54, 1.807) is 0 Å². The zero-order valence-corrected chi connectivity index (χ0v) is 13.2. The van der Waals surface area contributed by atoms with E-state index in [9.17, 15) is 0 Å². The normalized spacial score (nSPS) is 10.8. The Hall–Kier alpha value is -2.28. The minimum absolute atomic E-state index is 0. The first-order chi connectivity index (χ1) is 10.2. The Morgan fingerprint density at radius 1 is 1.09 bits per heavy atom. The third-order valence-electron chi connectivity index (χ3n) is 3.93. The summed E-state index contributed by atoms with van der Waals surface area (Å²) in [6.07, 6.45) is 0. The number of fused-ring (bicyclic) bond motifs is 4. The molecule has 1 N–H and O–H groups in total. The first-order valence-corrected chi connectivity index (χ1v) is 6.99. The van der Waals surface area contributed by atoms with Crippen LogP contribution in [-0.4, -0.2) is 4.98 Å². The zero-order valence-electron chi connectivity index (χ0n) is 11.7. The van der Waals surface area contributed by atoms with E-state index >= 15 is 0 Å². The molecule has 108 valence electrons. The lowest BCUT2D eigenvalue weighted by molar-refractivity contribution is -0.619. The van der Waals surface area contributed by atoms with Crippen molar-refractivity contribution in [3.05, 3.63) is 53.1 Å². The Labute approximate surface area is 138 Å². The summed E-state index contributed by atoms with van der Waals surface area (Å²) in [6, 6.07) is 15.9. The van der Waals surface area contributed by atoms with Crippen molar-refractivity contribution in [3.8, 4) is 6.07 Å². The van der Waals surface area contributed by atoms with E-state index in [4.69, 9.17) is 16.9 Å². The number of benzene rings is 2. The average Bonchev–Trinajstić information content (AvgIpc) is 2.85. The van der Waals surface area contributed by atoms with Gasteiger partial charge in [-0.15, -0.1) is 0 Å². The lowest BCUT2D eigenvalue weighted by Gasteiger charge is -2.01. The Morgan fingerprint density at radius 2 is 1.91 bits per heavy atom. The van der Waals surface area contributed by atoms with Crippen LogP contribution < -0.4 is 17.0 Å². The summed E-state index contributed by atoms with van der Waals surface area (Å²) in [4.78, 5) is 3.42. The predicted molar refractivity (Wildman–Crippen MR) is 84.2 cm³/mol. The summed E-state index contributed by atoms with van der Waals surface area (Å²) in [5.74, 6) is 0. The summed E-state index contributed by atoms with van der Waals surface area (Å²) in [5, 5.41) is 13.0. The van der Waals surface area contributed by atoms with Crippen molar-refractivity contribution in [2.75, 3.05) is 0 Å². The summed E-state index contributed by atoms with van der Waals surface area (Å²) in [6.45, 7) is 0. The topological polar surface area (TPSA) is 43.5 Å². The van der Waals surface area contributed by atoms with Crippen molar-refractivity contribution in [1.29, 1.82) is 5.26 Å². The van der Waals surface area contributed by atoms with Crippen LogP contribution in [0.15, 0.2) is 42.5 Å². The van der Waals surface area contributed by atoms with Gasteiger partial charge in [0.25, 0.3) is 5.65 Å². The second-order valence-electron chi connectivity index (χ2n) is 5.17. The van der Waals surface area contributed by atoms with Gasteiger partial charge in [-0.25, -0.2) is 9.55 Å². The highest BCUT2D eigenvalue weighted by Gasteiger charge is 2.16. The van der Waals surface area contributed by atoms with Crippen molar-refractivity contribution in [2.24, 2.45) is 7.05 Å². The van der Waals surface area contributed by atoms with E-state index in [1.807, 2.05) is 43.4 Å². The minimum Gasteiger partial charge on any atom is -1.00 e. The Bertz CT molecular complexity index is 1070. The molecule has 0 unspecified atom stereocenters. The number of halogens is 2. The van der Waals surface area contributed by atoms with Gasteiger partial charge in [0, 0.05) is 15.8 Å². The summed E-state index contributed by atoms with van der Waals surface area (Å²) in [5.41, 5.74) is 3.84. The van der Waals surface area contributed by atoms with Gasteiger partial charge in [0.2, 0.25) is 0 Å². The van der Waals surface area contributed by atoms with Gasteiger partial charge in [0.15, 0.2) is 0 Å². The van der Waals surface area contributed by atoms with Gasteiger partial charge < -0.3 is 12.4 Å². The van der Waals surface area contributed by atoms with Crippen LogP contribution in [0, 0.1) is 11.3 Å². The number of aryl methyl sites for hydroxylation is 1. The second-order valence-corrected chi connectivity index (χ2v) is 5.60. The molecule has 0 atom stereocenters. The van der Waals surface area contributed by atoms with Gasteiger partial charge in [0.05, 0.1) is 24.1 Å². The molecule has 3 nitrogen and oxygen atoms in total. The molecule has 0 bridgehead atoms. The molecule has 4 rings (SSSR count). The van der Waals surface area contributed by atoms with E-state index in [1.165, 1.54) is 0 Å². The maximum Gasteiger partial charge on any atom is 0.287 e. The monoisotopic (exact) mass is 327 g/mol. The molecule has 2 heterocycles. The molecular weight excluding hydrogens is 317 g/mol. The quantitative estimate of drug-likeness (QED) is 0.478. The fourth-order valence-corrected chi connectivity index (χ4v) is 3.08. The number of nitrogens with zero attached hydrogens (tertiary/aromatic N) is 2. The molecule has 0 saturated heterocycles. The number of rotatable bonds is 0. The Balaban J connectivity index is 0.00000144. The number of aromatic nitrogens is 2. The average molecular weight is 328 g/mol. The van der Waals surface area contributed by atoms with E-state index in [-0.39, 0.29) is 12.4 Å². The van der Waals surface area contributed by atoms with Crippen molar-refractivity contribution >= 4 is 44.4 Å².